The van der Waals surface area contributed by atoms with E-state index in [-0.39, 0.29) is 17.3 Å². The van der Waals surface area contributed by atoms with Gasteiger partial charge >= 0.3 is 0 Å². The number of methoxy groups -OCH3 is 1. The molecule has 2 amide bonds. The zero-order valence-corrected chi connectivity index (χ0v) is 24.0. The van der Waals surface area contributed by atoms with Crippen molar-refractivity contribution >= 4 is 43.5 Å². The highest BCUT2D eigenvalue weighted by molar-refractivity contribution is 9.10. The van der Waals surface area contributed by atoms with Crippen molar-refractivity contribution in [3.05, 3.63) is 88.9 Å². The second kappa shape index (κ2) is 13.4. The first-order valence-corrected chi connectivity index (χ1v) is 14.4. The second-order valence-corrected chi connectivity index (χ2v) is 11.4. The molecule has 0 aliphatic heterocycles. The van der Waals surface area contributed by atoms with Crippen molar-refractivity contribution in [3.8, 4) is 5.75 Å². The summed E-state index contributed by atoms with van der Waals surface area (Å²) in [6, 6.07) is 21.0. The molecule has 3 aromatic carbocycles. The molecule has 0 fully saturated rings. The molecule has 0 saturated carbocycles. The predicted molar refractivity (Wildman–Crippen MR) is 151 cm³/mol. The number of ether oxygens (including phenoxy) is 1. The molecule has 0 aliphatic carbocycles. The van der Waals surface area contributed by atoms with E-state index in [0.717, 1.165) is 20.8 Å². The van der Waals surface area contributed by atoms with Crippen LogP contribution in [0.1, 0.15) is 25.8 Å². The summed E-state index contributed by atoms with van der Waals surface area (Å²) in [5.74, 6) is -0.303. The van der Waals surface area contributed by atoms with E-state index in [2.05, 4.69) is 21.2 Å². The Kier molecular flexibility index (Phi) is 10.3. The number of benzene rings is 3. The van der Waals surface area contributed by atoms with Gasteiger partial charge in [0.2, 0.25) is 11.8 Å². The Balaban J connectivity index is 1.99. The third-order valence-corrected chi connectivity index (χ3v) is 8.21. The molecule has 8 nitrogen and oxygen atoms in total. The molecule has 1 N–H and O–H groups in total. The summed E-state index contributed by atoms with van der Waals surface area (Å²) in [4.78, 5) is 28.1. The third kappa shape index (κ3) is 7.35. The molecule has 0 bridgehead atoms. The summed E-state index contributed by atoms with van der Waals surface area (Å²) < 4.78 is 34.6. The zero-order valence-electron chi connectivity index (χ0n) is 21.6. The second-order valence-electron chi connectivity index (χ2n) is 8.64. The van der Waals surface area contributed by atoms with Crippen molar-refractivity contribution < 1.29 is 22.7 Å². The van der Waals surface area contributed by atoms with Crippen molar-refractivity contribution in [2.45, 2.75) is 37.8 Å². The molecule has 0 unspecified atom stereocenters. The maximum atomic E-state index is 13.8. The Bertz CT molecular complexity index is 1330. The first kappa shape index (κ1) is 29.2. The highest BCUT2D eigenvalue weighted by Crippen LogP contribution is 2.26. The van der Waals surface area contributed by atoms with E-state index in [0.29, 0.717) is 18.0 Å². The topological polar surface area (TPSA) is 96.0 Å². The Morgan fingerprint density at radius 3 is 2.29 bits per heavy atom. The number of carbonyl (C=O) groups is 2. The molecule has 0 aromatic heterocycles. The van der Waals surface area contributed by atoms with Crippen molar-refractivity contribution in [1.29, 1.82) is 0 Å². The van der Waals surface area contributed by atoms with Gasteiger partial charge in [-0.05, 0) is 67.4 Å². The Hall–Kier alpha value is -3.37. The van der Waals surface area contributed by atoms with Gasteiger partial charge in [0.1, 0.15) is 18.3 Å². The number of nitrogens with one attached hydrogen (secondary N) is 1. The standard InChI is InChI=1S/C28H32BrN3O5S/c1-4-17-30-28(34)21(2)31(19-22-9-8-10-23(29)18-22)27(33)20-32(24-11-6-5-7-12-24)38(35,36)26-15-13-25(37-3)14-16-26/h5-16,18,21H,4,17,19-20H2,1-3H3,(H,30,34)/t21-/m1/s1. The molecular weight excluding hydrogens is 570 g/mol. The normalized spacial score (nSPS) is 11.9. The molecule has 202 valence electrons. The summed E-state index contributed by atoms with van der Waals surface area (Å²) in [5, 5.41) is 2.83. The summed E-state index contributed by atoms with van der Waals surface area (Å²) in [5.41, 5.74) is 1.13. The van der Waals surface area contributed by atoms with Crippen molar-refractivity contribution in [2.75, 3.05) is 24.5 Å². The molecule has 3 rings (SSSR count). The number of hydrogen-bond acceptors (Lipinski definition) is 5. The number of sulfonamides is 1. The Morgan fingerprint density at radius 1 is 1.00 bits per heavy atom. The lowest BCUT2D eigenvalue weighted by Gasteiger charge is -2.32. The van der Waals surface area contributed by atoms with Gasteiger partial charge in [-0.3, -0.25) is 13.9 Å². The summed E-state index contributed by atoms with van der Waals surface area (Å²) in [7, 11) is -2.63. The molecule has 10 heteroatoms. The van der Waals surface area contributed by atoms with Crippen LogP contribution in [0.2, 0.25) is 0 Å². The summed E-state index contributed by atoms with van der Waals surface area (Å²) in [6.45, 7) is 3.70. The highest BCUT2D eigenvalue weighted by atomic mass is 79.9. The number of anilines is 1. The Labute approximate surface area is 232 Å². The van der Waals surface area contributed by atoms with E-state index < -0.39 is 28.5 Å². The van der Waals surface area contributed by atoms with Crippen LogP contribution in [0.4, 0.5) is 5.69 Å². The third-order valence-electron chi connectivity index (χ3n) is 5.93. The molecule has 1 atom stereocenters. The van der Waals surface area contributed by atoms with Gasteiger partial charge in [0.05, 0.1) is 17.7 Å². The SMILES string of the molecule is CCCNC(=O)[C@@H](C)N(Cc1cccc(Br)c1)C(=O)CN(c1ccccc1)S(=O)(=O)c1ccc(OC)cc1. The van der Waals surface area contributed by atoms with Crippen molar-refractivity contribution in [1.82, 2.24) is 10.2 Å². The summed E-state index contributed by atoms with van der Waals surface area (Å²) in [6.07, 6.45) is 0.750. The number of nitrogens with zero attached hydrogens (tertiary/aromatic N) is 2. The minimum Gasteiger partial charge on any atom is -0.497 e. The quantitative estimate of drug-likeness (QED) is 0.327. The van der Waals surface area contributed by atoms with E-state index in [1.54, 1.807) is 49.4 Å². The maximum Gasteiger partial charge on any atom is 0.264 e. The van der Waals surface area contributed by atoms with E-state index in [4.69, 9.17) is 4.74 Å². The maximum absolute atomic E-state index is 13.8. The van der Waals surface area contributed by atoms with Crippen LogP contribution >= 0.6 is 15.9 Å². The van der Waals surface area contributed by atoms with Gasteiger partial charge in [0.15, 0.2) is 0 Å². The zero-order chi connectivity index (χ0) is 27.7. The molecule has 0 saturated heterocycles. The predicted octanol–water partition coefficient (Wildman–Crippen LogP) is 4.60. The van der Waals surface area contributed by atoms with E-state index in [1.165, 1.54) is 24.1 Å². The molecule has 38 heavy (non-hydrogen) atoms. The monoisotopic (exact) mass is 601 g/mol. The molecule has 3 aromatic rings. The van der Waals surface area contributed by atoms with Gasteiger partial charge in [0, 0.05) is 17.6 Å². The highest BCUT2D eigenvalue weighted by Gasteiger charge is 2.32. The number of rotatable bonds is 12. The fourth-order valence-electron chi connectivity index (χ4n) is 3.81. The van der Waals surface area contributed by atoms with Crippen LogP contribution < -0.4 is 14.4 Å². The molecule has 0 heterocycles. The number of carbonyl (C=O) groups excluding carboxylic acids is 2. The van der Waals surface area contributed by atoms with Crippen LogP contribution in [-0.4, -0.2) is 51.4 Å². The number of halogens is 1. The molecular formula is C28H32BrN3O5S. The van der Waals surface area contributed by atoms with Gasteiger partial charge in [-0.25, -0.2) is 8.42 Å². The van der Waals surface area contributed by atoms with E-state index in [1.807, 2.05) is 31.2 Å². The van der Waals surface area contributed by atoms with Gasteiger partial charge in [-0.2, -0.15) is 0 Å². The average molecular weight is 603 g/mol. The molecule has 0 radical (unpaired) electrons. The van der Waals surface area contributed by atoms with E-state index in [9.17, 15) is 18.0 Å². The van der Waals surface area contributed by atoms with Crippen LogP contribution in [0.5, 0.6) is 5.75 Å². The average Bonchev–Trinajstić information content (AvgIpc) is 2.93. The number of para-hydroxylation sites is 1. The number of hydrogen-bond donors (Lipinski definition) is 1. The minimum atomic E-state index is -4.13. The fraction of sp³-hybridized carbons (Fsp3) is 0.286. The van der Waals surface area contributed by atoms with Crippen molar-refractivity contribution in [3.63, 3.8) is 0 Å². The minimum absolute atomic E-state index is 0.0160. The smallest absolute Gasteiger partial charge is 0.264 e. The van der Waals surface area contributed by atoms with Gasteiger partial charge in [-0.15, -0.1) is 0 Å². The van der Waals surface area contributed by atoms with Gasteiger partial charge in [-0.1, -0.05) is 53.2 Å². The van der Waals surface area contributed by atoms with Gasteiger partial charge in [0.25, 0.3) is 10.0 Å². The molecule has 0 aliphatic rings. The van der Waals surface area contributed by atoms with Crippen LogP contribution in [-0.2, 0) is 26.2 Å². The molecule has 0 spiro atoms. The van der Waals surface area contributed by atoms with Crippen molar-refractivity contribution in [2.24, 2.45) is 0 Å². The first-order valence-electron chi connectivity index (χ1n) is 12.2. The van der Waals surface area contributed by atoms with Crippen LogP contribution in [0.15, 0.2) is 88.2 Å². The fourth-order valence-corrected chi connectivity index (χ4v) is 5.67. The van der Waals surface area contributed by atoms with E-state index >= 15 is 0 Å². The van der Waals surface area contributed by atoms with Crippen LogP contribution in [0.25, 0.3) is 0 Å². The summed E-state index contributed by atoms with van der Waals surface area (Å²) >= 11 is 3.44. The Morgan fingerprint density at radius 2 is 1.68 bits per heavy atom. The first-order chi connectivity index (χ1) is 18.2. The largest absolute Gasteiger partial charge is 0.497 e. The van der Waals surface area contributed by atoms with Crippen LogP contribution in [0, 0.1) is 0 Å². The lowest BCUT2D eigenvalue weighted by Crippen LogP contribution is -2.51. The van der Waals surface area contributed by atoms with Gasteiger partial charge < -0.3 is 15.0 Å². The lowest BCUT2D eigenvalue weighted by atomic mass is 10.1. The number of amides is 2. The lowest BCUT2D eigenvalue weighted by molar-refractivity contribution is -0.139. The van der Waals surface area contributed by atoms with Crippen LogP contribution in [0.3, 0.4) is 0 Å².